The molecule has 3 rings (SSSR count). The van der Waals surface area contributed by atoms with Crippen molar-refractivity contribution in [3.8, 4) is 0 Å². The number of furan rings is 1. The highest BCUT2D eigenvalue weighted by Crippen LogP contribution is 2.27. The number of fused-ring (bicyclic) bond motifs is 1. The number of carboxylic acid groups (broad SMARTS) is 1. The summed E-state index contributed by atoms with van der Waals surface area (Å²) in [4.78, 5) is 35.2. The number of aromatic carboxylic acids is 1. The van der Waals surface area contributed by atoms with Gasteiger partial charge in [0, 0.05) is 18.0 Å². The van der Waals surface area contributed by atoms with Crippen molar-refractivity contribution >= 4 is 23.5 Å². The summed E-state index contributed by atoms with van der Waals surface area (Å²) >= 11 is 0. The van der Waals surface area contributed by atoms with Gasteiger partial charge in [-0.1, -0.05) is 18.2 Å². The minimum atomic E-state index is -1.06. The van der Waals surface area contributed by atoms with Crippen molar-refractivity contribution in [3.63, 3.8) is 0 Å². The predicted octanol–water partition coefficient (Wildman–Crippen LogP) is 2.49. The molecular formula is C19H20N2O5. The van der Waals surface area contributed by atoms with Crippen LogP contribution >= 0.6 is 0 Å². The molecule has 136 valence electrons. The van der Waals surface area contributed by atoms with E-state index in [1.54, 1.807) is 6.92 Å². The van der Waals surface area contributed by atoms with E-state index in [2.05, 4.69) is 10.6 Å². The van der Waals surface area contributed by atoms with Crippen molar-refractivity contribution in [2.24, 2.45) is 5.92 Å². The van der Waals surface area contributed by atoms with Crippen LogP contribution < -0.4 is 10.6 Å². The molecule has 1 aromatic heterocycles. The lowest BCUT2D eigenvalue weighted by Crippen LogP contribution is -2.31. The largest absolute Gasteiger partial charge is 0.478 e. The second kappa shape index (κ2) is 7.43. The van der Waals surface area contributed by atoms with Crippen LogP contribution in [0.3, 0.4) is 0 Å². The minimum Gasteiger partial charge on any atom is -0.478 e. The third kappa shape index (κ3) is 3.93. The number of carboxylic acids is 1. The van der Waals surface area contributed by atoms with Gasteiger partial charge in [-0.3, -0.25) is 9.59 Å². The van der Waals surface area contributed by atoms with E-state index in [-0.39, 0.29) is 36.3 Å². The number of rotatable bonds is 6. The zero-order valence-corrected chi connectivity index (χ0v) is 14.4. The molecule has 0 radical (unpaired) electrons. The third-order valence-electron chi connectivity index (χ3n) is 4.49. The summed E-state index contributed by atoms with van der Waals surface area (Å²) in [6.07, 6.45) is 1.28. The first kappa shape index (κ1) is 17.7. The maximum Gasteiger partial charge on any atom is 0.339 e. The maximum atomic E-state index is 12.1. The molecule has 2 amide bonds. The lowest BCUT2D eigenvalue weighted by atomic mass is 9.89. The normalized spacial score (nSPS) is 15.9. The number of para-hydroxylation sites is 1. The summed E-state index contributed by atoms with van der Waals surface area (Å²) in [6, 6.07) is 9.05. The van der Waals surface area contributed by atoms with Gasteiger partial charge in [-0.15, -0.1) is 0 Å². The molecule has 3 N–H and O–H groups in total. The Bertz CT molecular complexity index is 855. The van der Waals surface area contributed by atoms with Gasteiger partial charge in [0.2, 0.25) is 11.8 Å². The van der Waals surface area contributed by atoms with E-state index in [4.69, 9.17) is 9.52 Å². The highest BCUT2D eigenvalue weighted by Gasteiger charge is 2.26. The number of carbonyl (C=O) groups is 3. The van der Waals surface area contributed by atoms with Gasteiger partial charge in [0.15, 0.2) is 0 Å². The first-order valence-electron chi connectivity index (χ1n) is 8.42. The molecule has 0 unspecified atom stereocenters. The van der Waals surface area contributed by atoms with Crippen molar-refractivity contribution < 1.29 is 23.9 Å². The molecule has 0 fully saturated rings. The summed E-state index contributed by atoms with van der Waals surface area (Å²) in [5.41, 5.74) is 2.00. The highest BCUT2D eigenvalue weighted by molar-refractivity contribution is 5.96. The fraction of sp³-hybridized carbons (Fsp3) is 0.316. The maximum absolute atomic E-state index is 12.1. The molecule has 1 aromatic carbocycles. The lowest BCUT2D eigenvalue weighted by Gasteiger charge is -2.24. The Morgan fingerprint density at radius 3 is 2.85 bits per heavy atom. The monoisotopic (exact) mass is 356 g/mol. The Kier molecular flexibility index (Phi) is 5.06. The van der Waals surface area contributed by atoms with Crippen molar-refractivity contribution in [2.45, 2.75) is 32.7 Å². The first-order valence-corrected chi connectivity index (χ1v) is 8.42. The second-order valence-corrected chi connectivity index (χ2v) is 6.35. The molecule has 1 atom stereocenters. The molecule has 0 spiro atoms. The number of aryl methyl sites for hydroxylation is 1. The highest BCUT2D eigenvalue weighted by atomic mass is 16.4. The topological polar surface area (TPSA) is 109 Å². The van der Waals surface area contributed by atoms with Gasteiger partial charge in [-0.05, 0) is 37.5 Å². The van der Waals surface area contributed by atoms with Gasteiger partial charge >= 0.3 is 5.97 Å². The molecular weight excluding hydrogens is 336 g/mol. The Hall–Kier alpha value is -3.09. The van der Waals surface area contributed by atoms with Crippen molar-refractivity contribution in [2.75, 3.05) is 5.32 Å². The van der Waals surface area contributed by atoms with Gasteiger partial charge in [0.25, 0.3) is 0 Å². The Balaban J connectivity index is 1.49. The molecule has 1 aliphatic rings. The molecule has 0 aliphatic carbocycles. The number of anilines is 1. The van der Waals surface area contributed by atoms with E-state index in [0.717, 1.165) is 11.3 Å². The van der Waals surface area contributed by atoms with Crippen molar-refractivity contribution in [1.82, 2.24) is 5.32 Å². The molecule has 0 saturated carbocycles. The van der Waals surface area contributed by atoms with Crippen LogP contribution in [0.25, 0.3) is 0 Å². The van der Waals surface area contributed by atoms with Crippen LogP contribution in [0.15, 0.2) is 34.7 Å². The predicted molar refractivity (Wildman–Crippen MR) is 93.8 cm³/mol. The molecule has 2 heterocycles. The Morgan fingerprint density at radius 2 is 2.12 bits per heavy atom. The number of hydrogen-bond donors (Lipinski definition) is 3. The average molecular weight is 356 g/mol. The van der Waals surface area contributed by atoms with Crippen molar-refractivity contribution in [3.05, 3.63) is 53.0 Å². The number of benzene rings is 1. The standard InChI is InChI=1S/C19H20N2O5/c1-11-15(19(24)25)9-14(26-11)10-20-17(22)7-6-13-8-12-4-2-3-5-16(12)21-18(13)23/h2-5,9,13H,6-8,10H2,1H3,(H,20,22)(H,21,23)(H,24,25)/t13-/m1/s1. The average Bonchev–Trinajstić information content (AvgIpc) is 2.99. The van der Waals surface area contributed by atoms with Crippen LogP contribution in [-0.2, 0) is 22.6 Å². The number of carbonyl (C=O) groups excluding carboxylic acids is 2. The number of hydrogen-bond acceptors (Lipinski definition) is 4. The molecule has 26 heavy (non-hydrogen) atoms. The van der Waals surface area contributed by atoms with Crippen LogP contribution in [-0.4, -0.2) is 22.9 Å². The molecule has 0 bridgehead atoms. The van der Waals surface area contributed by atoms with Gasteiger partial charge in [0.1, 0.15) is 17.1 Å². The minimum absolute atomic E-state index is 0.0655. The fourth-order valence-electron chi connectivity index (χ4n) is 3.07. The molecule has 2 aromatic rings. The zero-order valence-electron chi connectivity index (χ0n) is 14.4. The Labute approximate surface area is 150 Å². The van der Waals surface area contributed by atoms with Crippen LogP contribution in [0, 0.1) is 12.8 Å². The second-order valence-electron chi connectivity index (χ2n) is 6.35. The molecule has 1 aliphatic heterocycles. The summed E-state index contributed by atoms with van der Waals surface area (Å²) in [5, 5.41) is 14.6. The Morgan fingerprint density at radius 1 is 1.35 bits per heavy atom. The fourth-order valence-corrected chi connectivity index (χ4v) is 3.07. The summed E-state index contributed by atoms with van der Waals surface area (Å²) in [6.45, 7) is 1.68. The summed E-state index contributed by atoms with van der Waals surface area (Å²) < 4.78 is 5.32. The van der Waals surface area contributed by atoms with E-state index >= 15 is 0 Å². The molecule has 7 heteroatoms. The van der Waals surface area contributed by atoms with Gasteiger partial charge < -0.3 is 20.2 Å². The molecule has 7 nitrogen and oxygen atoms in total. The van der Waals surface area contributed by atoms with E-state index in [1.165, 1.54) is 6.07 Å². The first-order chi connectivity index (χ1) is 12.4. The lowest BCUT2D eigenvalue weighted by molar-refractivity contribution is -0.123. The SMILES string of the molecule is Cc1oc(CNC(=O)CC[C@@H]2Cc3ccccc3NC2=O)cc1C(=O)O. The van der Waals surface area contributed by atoms with Gasteiger partial charge in [-0.2, -0.15) is 0 Å². The van der Waals surface area contributed by atoms with Crippen LogP contribution in [0.5, 0.6) is 0 Å². The van der Waals surface area contributed by atoms with Crippen LogP contribution in [0.1, 0.15) is 40.3 Å². The van der Waals surface area contributed by atoms with Gasteiger partial charge in [0.05, 0.1) is 6.54 Å². The molecule has 0 saturated heterocycles. The zero-order chi connectivity index (χ0) is 18.7. The third-order valence-corrected chi connectivity index (χ3v) is 4.49. The summed E-state index contributed by atoms with van der Waals surface area (Å²) in [7, 11) is 0. The van der Waals surface area contributed by atoms with E-state index < -0.39 is 5.97 Å². The van der Waals surface area contributed by atoms with E-state index in [9.17, 15) is 14.4 Å². The van der Waals surface area contributed by atoms with E-state index in [1.807, 2.05) is 24.3 Å². The van der Waals surface area contributed by atoms with E-state index in [0.29, 0.717) is 24.4 Å². The summed E-state index contributed by atoms with van der Waals surface area (Å²) in [5.74, 6) is -0.878. The number of nitrogens with one attached hydrogen (secondary N) is 2. The van der Waals surface area contributed by atoms with Crippen LogP contribution in [0.4, 0.5) is 5.69 Å². The van der Waals surface area contributed by atoms with Gasteiger partial charge in [-0.25, -0.2) is 4.79 Å². The van der Waals surface area contributed by atoms with Crippen molar-refractivity contribution in [1.29, 1.82) is 0 Å². The smallest absolute Gasteiger partial charge is 0.339 e. The van der Waals surface area contributed by atoms with Crippen LogP contribution in [0.2, 0.25) is 0 Å². The number of amides is 2. The quantitative estimate of drug-likeness (QED) is 0.737.